The quantitative estimate of drug-likeness (QED) is 0.333. The highest BCUT2D eigenvalue weighted by atomic mass is 32.1. The third-order valence-electron chi connectivity index (χ3n) is 2.84. The highest BCUT2D eigenvalue weighted by Crippen LogP contribution is 2.28. The summed E-state index contributed by atoms with van der Waals surface area (Å²) in [5, 5.41) is 8.41. The maximum absolute atomic E-state index is 5.73. The zero-order valence-corrected chi connectivity index (χ0v) is 12.7. The lowest BCUT2D eigenvalue weighted by Gasteiger charge is -1.97. The van der Waals surface area contributed by atoms with Gasteiger partial charge in [-0.05, 0) is 36.8 Å². The smallest absolute Gasteiger partial charge is 0.232 e. The number of aryl methyl sites for hydroxylation is 1. The molecule has 0 atom stereocenters. The van der Waals surface area contributed by atoms with E-state index in [0.717, 1.165) is 15.9 Å². The highest BCUT2D eigenvalue weighted by molar-refractivity contribution is 7.21. The Morgan fingerprint density at radius 3 is 2.82 bits per heavy atom. The van der Waals surface area contributed by atoms with Gasteiger partial charge in [0.05, 0.1) is 15.9 Å². The molecule has 1 heterocycles. The number of nitrogens with zero attached hydrogens (tertiary/aromatic N) is 4. The van der Waals surface area contributed by atoms with Crippen LogP contribution in [0.15, 0.2) is 63.9 Å². The first-order valence-electron chi connectivity index (χ1n) is 6.64. The number of rotatable bonds is 3. The van der Waals surface area contributed by atoms with Crippen molar-refractivity contribution >= 4 is 38.3 Å². The lowest BCUT2D eigenvalue weighted by atomic mass is 10.2. The first-order valence-corrected chi connectivity index (χ1v) is 7.45. The van der Waals surface area contributed by atoms with Gasteiger partial charge in [-0.25, -0.2) is 15.4 Å². The molecule has 0 aliphatic carbocycles. The van der Waals surface area contributed by atoms with Crippen molar-refractivity contribution in [2.45, 2.75) is 6.92 Å². The van der Waals surface area contributed by atoms with Gasteiger partial charge in [-0.15, -0.1) is 5.11 Å². The molecular weight excluding hydrogens is 296 g/mol. The second-order valence-electron chi connectivity index (χ2n) is 4.61. The van der Waals surface area contributed by atoms with Crippen LogP contribution in [0.5, 0.6) is 0 Å². The molecule has 3 rings (SSSR count). The van der Waals surface area contributed by atoms with E-state index in [-0.39, 0.29) is 5.96 Å². The Kier molecular flexibility index (Phi) is 4.06. The molecule has 0 aliphatic heterocycles. The zero-order valence-electron chi connectivity index (χ0n) is 11.9. The summed E-state index contributed by atoms with van der Waals surface area (Å²) in [5.41, 5.74) is 11.2. The number of hydrogen-bond acceptors (Lipinski definition) is 5. The van der Waals surface area contributed by atoms with Crippen LogP contribution in [0.3, 0.4) is 0 Å². The van der Waals surface area contributed by atoms with Crippen molar-refractivity contribution in [1.82, 2.24) is 10.4 Å². The van der Waals surface area contributed by atoms with E-state index in [1.807, 2.05) is 49.4 Å². The van der Waals surface area contributed by atoms with E-state index in [1.165, 1.54) is 16.9 Å². The van der Waals surface area contributed by atoms with Crippen LogP contribution >= 0.6 is 11.3 Å². The Hall–Kier alpha value is -2.80. The minimum Gasteiger partial charge on any atom is -0.368 e. The van der Waals surface area contributed by atoms with Gasteiger partial charge >= 0.3 is 0 Å². The summed E-state index contributed by atoms with van der Waals surface area (Å²) in [5.74, 6) is 0.173. The predicted octanol–water partition coefficient (Wildman–Crippen LogP) is 3.84. The number of aliphatic imine (C=N–C) groups is 1. The number of hydrogen-bond donors (Lipinski definition) is 2. The lowest BCUT2D eigenvalue weighted by molar-refractivity contribution is 0.904. The number of nitrogens with one attached hydrogen (secondary N) is 1. The van der Waals surface area contributed by atoms with E-state index in [4.69, 9.17) is 5.73 Å². The molecule has 110 valence electrons. The van der Waals surface area contributed by atoms with Gasteiger partial charge < -0.3 is 5.73 Å². The lowest BCUT2D eigenvalue weighted by Crippen LogP contribution is -2.26. The van der Waals surface area contributed by atoms with Crippen molar-refractivity contribution in [3.05, 3.63) is 54.1 Å². The van der Waals surface area contributed by atoms with Crippen LogP contribution in [-0.4, -0.2) is 10.9 Å². The second kappa shape index (κ2) is 6.31. The summed E-state index contributed by atoms with van der Waals surface area (Å²) in [4.78, 5) is 8.53. The van der Waals surface area contributed by atoms with Crippen LogP contribution in [0.4, 0.5) is 10.8 Å². The minimum atomic E-state index is 0.173. The fourth-order valence-corrected chi connectivity index (χ4v) is 2.73. The Balaban J connectivity index is 1.69. The van der Waals surface area contributed by atoms with E-state index in [9.17, 15) is 0 Å². The average Bonchev–Trinajstić information content (AvgIpc) is 2.90. The number of nitrogens with two attached hydrogens (primary N) is 1. The van der Waals surface area contributed by atoms with E-state index < -0.39 is 0 Å². The van der Waals surface area contributed by atoms with Crippen molar-refractivity contribution in [3.8, 4) is 0 Å². The van der Waals surface area contributed by atoms with Crippen LogP contribution < -0.4 is 11.2 Å². The van der Waals surface area contributed by atoms with Crippen molar-refractivity contribution in [2.75, 3.05) is 0 Å². The number of aromatic nitrogens is 1. The molecule has 2 aromatic carbocycles. The molecule has 7 heteroatoms. The van der Waals surface area contributed by atoms with Crippen LogP contribution in [0, 0.1) is 6.92 Å². The third-order valence-corrected chi connectivity index (χ3v) is 3.74. The number of benzene rings is 2. The fourth-order valence-electron chi connectivity index (χ4n) is 1.85. The van der Waals surface area contributed by atoms with Gasteiger partial charge in [-0.3, -0.25) is 0 Å². The summed E-state index contributed by atoms with van der Waals surface area (Å²) < 4.78 is 1.08. The Bertz CT molecular complexity index is 838. The number of thiazole rings is 1. The number of fused-ring (bicyclic) bond motifs is 1. The van der Waals surface area contributed by atoms with Gasteiger partial charge in [0.25, 0.3) is 0 Å². The van der Waals surface area contributed by atoms with E-state index in [1.54, 1.807) is 0 Å². The topological polar surface area (TPSA) is 88.0 Å². The molecule has 0 saturated carbocycles. The van der Waals surface area contributed by atoms with Crippen molar-refractivity contribution in [1.29, 1.82) is 0 Å². The second-order valence-corrected chi connectivity index (χ2v) is 5.62. The van der Waals surface area contributed by atoms with Crippen LogP contribution in [0.1, 0.15) is 5.56 Å². The first kappa shape index (κ1) is 14.2. The molecule has 0 saturated heterocycles. The summed E-state index contributed by atoms with van der Waals surface area (Å²) in [6, 6.07) is 15.4. The minimum absolute atomic E-state index is 0.173. The van der Waals surface area contributed by atoms with Gasteiger partial charge in [-0.2, -0.15) is 0 Å². The molecule has 0 aliphatic rings. The first-order chi connectivity index (χ1) is 10.7. The standard InChI is InChI=1S/C15H14N6S/c1-10-7-8-12-13(9-10)22-15(18-12)20-21-19-14(16)17-11-5-3-2-4-6-11/h2-9H,1H3,(H3,16,17,18,19,20). The van der Waals surface area contributed by atoms with Crippen LogP contribution in [0.2, 0.25) is 0 Å². The Morgan fingerprint density at radius 2 is 2.00 bits per heavy atom. The molecule has 0 radical (unpaired) electrons. The average molecular weight is 310 g/mol. The van der Waals surface area contributed by atoms with Gasteiger partial charge in [-0.1, -0.05) is 40.8 Å². The van der Waals surface area contributed by atoms with Crippen molar-refractivity contribution in [2.24, 2.45) is 21.1 Å². The molecule has 3 N–H and O–H groups in total. The summed E-state index contributed by atoms with van der Waals surface area (Å²) >= 11 is 1.47. The zero-order chi connectivity index (χ0) is 15.4. The van der Waals surface area contributed by atoms with E-state index >= 15 is 0 Å². The van der Waals surface area contributed by atoms with Gasteiger partial charge in [0.15, 0.2) is 0 Å². The van der Waals surface area contributed by atoms with Gasteiger partial charge in [0, 0.05) is 0 Å². The van der Waals surface area contributed by atoms with E-state index in [0.29, 0.717) is 5.13 Å². The molecule has 1 aromatic heterocycles. The molecule has 0 amide bonds. The molecule has 3 aromatic rings. The predicted molar refractivity (Wildman–Crippen MR) is 89.7 cm³/mol. The van der Waals surface area contributed by atoms with Crippen LogP contribution in [-0.2, 0) is 0 Å². The van der Waals surface area contributed by atoms with Crippen LogP contribution in [0.25, 0.3) is 10.2 Å². The Morgan fingerprint density at radius 1 is 1.18 bits per heavy atom. The number of guanidine groups is 1. The highest BCUT2D eigenvalue weighted by Gasteiger charge is 2.02. The molecule has 22 heavy (non-hydrogen) atoms. The molecule has 0 bridgehead atoms. The SMILES string of the molecule is Cc1ccc2nc(/N=N/NC(N)=Nc3ccccc3)sc2c1. The summed E-state index contributed by atoms with van der Waals surface area (Å²) in [6.45, 7) is 2.04. The maximum Gasteiger partial charge on any atom is 0.232 e. The van der Waals surface area contributed by atoms with E-state index in [2.05, 4.69) is 31.8 Å². The normalized spacial score (nSPS) is 12.1. The number of para-hydroxylation sites is 1. The third kappa shape index (κ3) is 3.44. The van der Waals surface area contributed by atoms with Gasteiger partial charge in [0.2, 0.25) is 11.1 Å². The molecular formula is C15H14N6S. The maximum atomic E-state index is 5.73. The molecule has 0 unspecified atom stereocenters. The monoisotopic (exact) mass is 310 g/mol. The molecule has 0 fully saturated rings. The van der Waals surface area contributed by atoms with Gasteiger partial charge in [0.1, 0.15) is 0 Å². The van der Waals surface area contributed by atoms with Crippen molar-refractivity contribution < 1.29 is 0 Å². The molecule has 6 nitrogen and oxygen atoms in total. The fraction of sp³-hybridized carbons (Fsp3) is 0.0667. The largest absolute Gasteiger partial charge is 0.368 e. The Labute approximate surface area is 131 Å². The summed E-state index contributed by atoms with van der Waals surface area (Å²) in [6.07, 6.45) is 0. The summed E-state index contributed by atoms with van der Waals surface area (Å²) in [7, 11) is 0. The molecule has 0 spiro atoms. The van der Waals surface area contributed by atoms with Crippen molar-refractivity contribution in [3.63, 3.8) is 0 Å².